The zero-order valence-electron chi connectivity index (χ0n) is 14.5. The van der Waals surface area contributed by atoms with E-state index in [-0.39, 0.29) is 11.7 Å². The van der Waals surface area contributed by atoms with Gasteiger partial charge in [-0.25, -0.2) is 4.79 Å². The minimum Gasteiger partial charge on any atom is -0.491 e. The highest BCUT2D eigenvalue weighted by atomic mass is 16.6. The minimum atomic E-state index is -0.448. The summed E-state index contributed by atoms with van der Waals surface area (Å²) in [5.41, 5.74) is 2.07. The number of nitrogens with one attached hydrogen (secondary N) is 1. The summed E-state index contributed by atoms with van der Waals surface area (Å²) in [7, 11) is 1.66. The number of rotatable bonds is 6. The first-order valence-electron chi connectivity index (χ1n) is 7.84. The number of nitro benzene ring substituents is 1. The van der Waals surface area contributed by atoms with Crippen LogP contribution in [-0.4, -0.2) is 36.1 Å². The number of hydrogen-bond acceptors (Lipinski definition) is 4. The number of likely N-dealkylation sites (N-methyl/N-ethyl adjacent to an activating group) is 1. The predicted molar refractivity (Wildman–Crippen MR) is 96.2 cm³/mol. The molecular weight excluding hydrogens is 322 g/mol. The van der Waals surface area contributed by atoms with Crippen LogP contribution >= 0.6 is 0 Å². The smallest absolute Gasteiger partial charge is 0.321 e. The highest BCUT2D eigenvalue weighted by Crippen LogP contribution is 2.21. The molecule has 2 aromatic rings. The van der Waals surface area contributed by atoms with Gasteiger partial charge in [0.1, 0.15) is 12.4 Å². The van der Waals surface area contributed by atoms with Crippen molar-refractivity contribution in [2.75, 3.05) is 25.5 Å². The second-order valence-electron chi connectivity index (χ2n) is 5.72. The third kappa shape index (κ3) is 4.94. The molecule has 2 aromatic carbocycles. The van der Waals surface area contributed by atoms with E-state index in [0.29, 0.717) is 24.4 Å². The van der Waals surface area contributed by atoms with Crippen molar-refractivity contribution < 1.29 is 14.5 Å². The van der Waals surface area contributed by atoms with Crippen LogP contribution in [0.25, 0.3) is 0 Å². The zero-order chi connectivity index (χ0) is 18.4. The lowest BCUT2D eigenvalue weighted by atomic mass is 10.2. The van der Waals surface area contributed by atoms with Gasteiger partial charge in [-0.3, -0.25) is 10.1 Å². The Labute approximate surface area is 146 Å². The standard InChI is InChI=1S/C18H21N3O4/c1-13-6-4-5-7-17(13)25-11-10-20(3)18(22)19-15-8-9-16(21(23)24)14(2)12-15/h4-9,12H,10-11H2,1-3H3,(H,19,22). The molecule has 0 fully saturated rings. The molecule has 25 heavy (non-hydrogen) atoms. The molecular formula is C18H21N3O4. The molecule has 7 nitrogen and oxygen atoms in total. The molecule has 0 aliphatic heterocycles. The number of urea groups is 1. The molecule has 0 aromatic heterocycles. The highest BCUT2D eigenvalue weighted by Gasteiger charge is 2.13. The van der Waals surface area contributed by atoms with Crippen LogP contribution in [0.1, 0.15) is 11.1 Å². The van der Waals surface area contributed by atoms with Crippen LogP contribution in [0.4, 0.5) is 16.2 Å². The number of carbonyl (C=O) groups excluding carboxylic acids is 1. The Morgan fingerprint density at radius 2 is 1.92 bits per heavy atom. The Hall–Kier alpha value is -3.09. The van der Waals surface area contributed by atoms with Gasteiger partial charge in [0.2, 0.25) is 0 Å². The number of anilines is 1. The van der Waals surface area contributed by atoms with Crippen molar-refractivity contribution in [3.8, 4) is 5.75 Å². The lowest BCUT2D eigenvalue weighted by Crippen LogP contribution is -2.34. The Kier molecular flexibility index (Phi) is 5.94. The summed E-state index contributed by atoms with van der Waals surface area (Å²) in [5, 5.41) is 13.5. The SMILES string of the molecule is Cc1ccccc1OCCN(C)C(=O)Nc1ccc([N+](=O)[O-])c(C)c1. The van der Waals surface area contributed by atoms with Crippen molar-refractivity contribution in [1.82, 2.24) is 4.90 Å². The van der Waals surface area contributed by atoms with Crippen molar-refractivity contribution in [2.24, 2.45) is 0 Å². The quantitative estimate of drug-likeness (QED) is 0.639. The Morgan fingerprint density at radius 1 is 1.20 bits per heavy atom. The number of carbonyl (C=O) groups is 1. The van der Waals surface area contributed by atoms with Gasteiger partial charge >= 0.3 is 6.03 Å². The zero-order valence-corrected chi connectivity index (χ0v) is 14.5. The minimum absolute atomic E-state index is 0.0259. The van der Waals surface area contributed by atoms with Gasteiger partial charge in [-0.05, 0) is 37.6 Å². The average molecular weight is 343 g/mol. The van der Waals surface area contributed by atoms with Crippen molar-refractivity contribution in [3.63, 3.8) is 0 Å². The summed E-state index contributed by atoms with van der Waals surface area (Å²) in [4.78, 5) is 24.0. The summed E-state index contributed by atoms with van der Waals surface area (Å²) in [6.07, 6.45) is 0. The number of para-hydroxylation sites is 1. The first-order chi connectivity index (χ1) is 11.9. The first kappa shape index (κ1) is 18.3. The Balaban J connectivity index is 1.87. The number of hydrogen-bond donors (Lipinski definition) is 1. The monoisotopic (exact) mass is 343 g/mol. The van der Waals surface area contributed by atoms with Crippen LogP contribution in [0, 0.1) is 24.0 Å². The van der Waals surface area contributed by atoms with Crippen molar-refractivity contribution in [2.45, 2.75) is 13.8 Å². The number of amides is 2. The molecule has 7 heteroatoms. The maximum Gasteiger partial charge on any atom is 0.321 e. The van der Waals surface area contributed by atoms with E-state index in [1.54, 1.807) is 20.0 Å². The van der Waals surface area contributed by atoms with Crippen molar-refractivity contribution >= 4 is 17.4 Å². The molecule has 1 N–H and O–H groups in total. The molecule has 0 spiro atoms. The maximum atomic E-state index is 12.2. The van der Waals surface area contributed by atoms with Gasteiger partial charge < -0.3 is 15.0 Å². The number of nitro groups is 1. The molecule has 0 aliphatic carbocycles. The molecule has 0 heterocycles. The molecule has 0 bridgehead atoms. The van der Waals surface area contributed by atoms with Gasteiger partial charge in [-0.2, -0.15) is 0 Å². The number of aryl methyl sites for hydroxylation is 2. The van der Waals surface area contributed by atoms with Gasteiger partial charge in [-0.1, -0.05) is 18.2 Å². The molecule has 2 amide bonds. The lowest BCUT2D eigenvalue weighted by molar-refractivity contribution is -0.385. The molecule has 0 atom stereocenters. The predicted octanol–water partition coefficient (Wildman–Crippen LogP) is 3.75. The molecule has 2 rings (SSSR count). The summed E-state index contributed by atoms with van der Waals surface area (Å²) in [6, 6.07) is 11.9. The molecule has 0 saturated heterocycles. The topological polar surface area (TPSA) is 84.7 Å². The molecule has 0 saturated carbocycles. The van der Waals surface area contributed by atoms with E-state index in [0.717, 1.165) is 11.3 Å². The van der Waals surface area contributed by atoms with E-state index >= 15 is 0 Å². The van der Waals surface area contributed by atoms with Crippen LogP contribution in [0.3, 0.4) is 0 Å². The second-order valence-corrected chi connectivity index (χ2v) is 5.72. The van der Waals surface area contributed by atoms with E-state index in [9.17, 15) is 14.9 Å². The highest BCUT2D eigenvalue weighted by molar-refractivity contribution is 5.89. The summed E-state index contributed by atoms with van der Waals surface area (Å²) >= 11 is 0. The number of ether oxygens (including phenoxy) is 1. The van der Waals surface area contributed by atoms with Crippen LogP contribution in [0.2, 0.25) is 0 Å². The van der Waals surface area contributed by atoms with E-state index in [2.05, 4.69) is 5.32 Å². The Bertz CT molecular complexity index is 777. The van der Waals surface area contributed by atoms with Crippen LogP contribution in [0.5, 0.6) is 5.75 Å². The van der Waals surface area contributed by atoms with E-state index in [1.807, 2.05) is 31.2 Å². The van der Waals surface area contributed by atoms with E-state index in [4.69, 9.17) is 4.74 Å². The second kappa shape index (κ2) is 8.14. The molecule has 0 radical (unpaired) electrons. The number of benzene rings is 2. The number of nitrogens with zero attached hydrogens (tertiary/aromatic N) is 2. The summed E-state index contributed by atoms with van der Waals surface area (Å²) in [6.45, 7) is 4.37. The first-order valence-corrected chi connectivity index (χ1v) is 7.84. The van der Waals surface area contributed by atoms with Crippen LogP contribution < -0.4 is 10.1 Å². The molecule has 0 aliphatic rings. The van der Waals surface area contributed by atoms with Gasteiger partial charge in [-0.15, -0.1) is 0 Å². The van der Waals surface area contributed by atoms with Gasteiger partial charge in [0.15, 0.2) is 0 Å². The largest absolute Gasteiger partial charge is 0.491 e. The normalized spacial score (nSPS) is 10.2. The maximum absolute atomic E-state index is 12.2. The molecule has 132 valence electrons. The van der Waals surface area contributed by atoms with Crippen molar-refractivity contribution in [1.29, 1.82) is 0 Å². The van der Waals surface area contributed by atoms with E-state index in [1.165, 1.54) is 17.0 Å². The molecule has 0 unspecified atom stereocenters. The fourth-order valence-electron chi connectivity index (χ4n) is 2.27. The fourth-order valence-corrected chi connectivity index (χ4v) is 2.27. The van der Waals surface area contributed by atoms with Gasteiger partial charge in [0.05, 0.1) is 11.5 Å². The van der Waals surface area contributed by atoms with Crippen molar-refractivity contribution in [3.05, 3.63) is 63.7 Å². The van der Waals surface area contributed by atoms with Crippen LogP contribution in [-0.2, 0) is 0 Å². The lowest BCUT2D eigenvalue weighted by Gasteiger charge is -2.19. The summed E-state index contributed by atoms with van der Waals surface area (Å²) < 4.78 is 5.67. The third-order valence-corrected chi connectivity index (χ3v) is 3.77. The van der Waals surface area contributed by atoms with Crippen LogP contribution in [0.15, 0.2) is 42.5 Å². The van der Waals surface area contributed by atoms with Gasteiger partial charge in [0, 0.05) is 24.4 Å². The summed E-state index contributed by atoms with van der Waals surface area (Å²) in [5.74, 6) is 0.794. The van der Waals surface area contributed by atoms with Gasteiger partial charge in [0.25, 0.3) is 5.69 Å². The Morgan fingerprint density at radius 3 is 2.56 bits per heavy atom. The third-order valence-electron chi connectivity index (χ3n) is 3.77. The fraction of sp³-hybridized carbons (Fsp3) is 0.278. The van der Waals surface area contributed by atoms with E-state index < -0.39 is 4.92 Å². The average Bonchev–Trinajstić information content (AvgIpc) is 2.56.